The van der Waals surface area contributed by atoms with Crippen LogP contribution in [0.1, 0.15) is 22.3 Å². The van der Waals surface area contributed by atoms with Crippen LogP contribution in [-0.4, -0.2) is 50.1 Å². The van der Waals surface area contributed by atoms with Crippen LogP contribution in [0.3, 0.4) is 0 Å². The van der Waals surface area contributed by atoms with Crippen LogP contribution in [-0.2, 0) is 11.2 Å². The molecule has 1 aromatic heterocycles. The number of ether oxygens (including phenoxy) is 1. The van der Waals surface area contributed by atoms with E-state index in [0.29, 0.717) is 13.0 Å². The van der Waals surface area contributed by atoms with Gasteiger partial charge in [-0.1, -0.05) is 29.0 Å². The average Bonchev–Trinajstić information content (AvgIpc) is 3.07. The van der Waals surface area contributed by atoms with Crippen LogP contribution in [0.4, 0.5) is 5.13 Å². The summed E-state index contributed by atoms with van der Waals surface area (Å²) < 4.78 is 6.34. The third kappa shape index (κ3) is 4.95. The highest BCUT2D eigenvalue weighted by molar-refractivity contribution is 7.22. The maximum atomic E-state index is 13.4. The quantitative estimate of drug-likeness (QED) is 0.579. The number of fused-ring (bicyclic) bond motifs is 1. The topological polar surface area (TPSA) is 45.7 Å². The van der Waals surface area contributed by atoms with Gasteiger partial charge >= 0.3 is 0 Å². The minimum absolute atomic E-state index is 0.0768. The van der Waals surface area contributed by atoms with Gasteiger partial charge in [0.15, 0.2) is 5.13 Å². The Balaban J connectivity index is 1.93. The zero-order chi connectivity index (χ0) is 21.1. The number of hydrogen-bond donors (Lipinski definition) is 0. The third-order valence-corrected chi connectivity index (χ3v) is 6.10. The van der Waals surface area contributed by atoms with E-state index in [2.05, 4.69) is 37.8 Å². The van der Waals surface area contributed by atoms with Gasteiger partial charge in [-0.3, -0.25) is 9.69 Å². The molecule has 0 saturated heterocycles. The van der Waals surface area contributed by atoms with E-state index in [-0.39, 0.29) is 5.91 Å². The van der Waals surface area contributed by atoms with E-state index in [1.807, 2.05) is 37.2 Å². The highest BCUT2D eigenvalue weighted by atomic mass is 32.1. The van der Waals surface area contributed by atoms with Gasteiger partial charge in [0.1, 0.15) is 5.75 Å². The summed E-state index contributed by atoms with van der Waals surface area (Å²) in [5.41, 5.74) is 5.55. The number of methoxy groups -OCH3 is 1. The smallest absolute Gasteiger partial charge is 0.233 e. The molecule has 1 amide bonds. The van der Waals surface area contributed by atoms with Crippen LogP contribution < -0.4 is 9.64 Å². The molecule has 0 saturated carbocycles. The number of hydrogen-bond acceptors (Lipinski definition) is 5. The lowest BCUT2D eigenvalue weighted by molar-refractivity contribution is -0.118. The van der Waals surface area contributed by atoms with Crippen molar-refractivity contribution in [3.8, 4) is 5.75 Å². The molecule has 3 rings (SSSR count). The Bertz CT molecular complexity index is 1000. The molecule has 2 aromatic carbocycles. The van der Waals surface area contributed by atoms with Crippen molar-refractivity contribution < 1.29 is 9.53 Å². The first-order valence-corrected chi connectivity index (χ1v) is 10.6. The summed E-state index contributed by atoms with van der Waals surface area (Å²) in [4.78, 5) is 22.0. The van der Waals surface area contributed by atoms with E-state index in [1.165, 1.54) is 16.9 Å². The lowest BCUT2D eigenvalue weighted by Gasteiger charge is -2.23. The van der Waals surface area contributed by atoms with Crippen molar-refractivity contribution in [3.05, 3.63) is 52.6 Å². The minimum Gasteiger partial charge on any atom is -0.497 e. The Morgan fingerprint density at radius 1 is 1.07 bits per heavy atom. The summed E-state index contributed by atoms with van der Waals surface area (Å²) in [6.07, 6.45) is 0.380. The van der Waals surface area contributed by atoms with Gasteiger partial charge < -0.3 is 9.64 Å². The number of benzene rings is 2. The van der Waals surface area contributed by atoms with Crippen molar-refractivity contribution in [1.82, 2.24) is 9.88 Å². The Hall–Kier alpha value is -2.44. The third-order valence-electron chi connectivity index (χ3n) is 5.06. The molecule has 0 unspecified atom stereocenters. The number of likely N-dealkylation sites (N-methyl/N-ethyl adjacent to an activating group) is 1. The predicted octanol–water partition coefficient (Wildman–Crippen LogP) is 4.37. The second-order valence-corrected chi connectivity index (χ2v) is 8.74. The molecular weight excluding hydrogens is 382 g/mol. The average molecular weight is 412 g/mol. The number of nitrogens with zero attached hydrogens (tertiary/aromatic N) is 3. The molecule has 5 nitrogen and oxygen atoms in total. The molecular formula is C23H29N3O2S. The first-order chi connectivity index (χ1) is 13.8. The van der Waals surface area contributed by atoms with E-state index < -0.39 is 0 Å². The van der Waals surface area contributed by atoms with Crippen molar-refractivity contribution in [1.29, 1.82) is 0 Å². The number of carbonyl (C=O) groups excluding carboxylic acids is 1. The maximum Gasteiger partial charge on any atom is 0.233 e. The molecule has 154 valence electrons. The fourth-order valence-electron chi connectivity index (χ4n) is 3.50. The molecule has 0 aliphatic rings. The monoisotopic (exact) mass is 411 g/mol. The van der Waals surface area contributed by atoms with E-state index >= 15 is 0 Å². The van der Waals surface area contributed by atoms with Gasteiger partial charge in [-0.15, -0.1) is 0 Å². The summed E-state index contributed by atoms with van der Waals surface area (Å²) in [5, 5.41) is 0.738. The first-order valence-electron chi connectivity index (χ1n) is 9.75. The molecule has 0 fully saturated rings. The molecule has 0 aliphatic carbocycles. The van der Waals surface area contributed by atoms with E-state index in [9.17, 15) is 4.79 Å². The van der Waals surface area contributed by atoms with Gasteiger partial charge in [-0.25, -0.2) is 4.98 Å². The SMILES string of the molecule is COc1ccc2nc(N(CCN(C)C)C(=O)Cc3c(C)cc(C)cc3C)sc2c1. The molecule has 0 atom stereocenters. The summed E-state index contributed by atoms with van der Waals surface area (Å²) in [7, 11) is 5.68. The number of carbonyl (C=O) groups is 1. The summed E-state index contributed by atoms with van der Waals surface area (Å²) in [5.74, 6) is 0.873. The number of amides is 1. The van der Waals surface area contributed by atoms with Gasteiger partial charge in [0.05, 0.1) is 23.7 Å². The van der Waals surface area contributed by atoms with Gasteiger partial charge in [0, 0.05) is 13.1 Å². The Morgan fingerprint density at radius 3 is 2.38 bits per heavy atom. The van der Waals surface area contributed by atoms with Crippen LogP contribution in [0.5, 0.6) is 5.75 Å². The minimum atomic E-state index is 0.0768. The van der Waals surface area contributed by atoms with E-state index in [0.717, 1.165) is 44.3 Å². The van der Waals surface area contributed by atoms with E-state index in [1.54, 1.807) is 7.11 Å². The number of aryl methyl sites for hydroxylation is 3. The fraction of sp³-hybridized carbons (Fsp3) is 0.391. The van der Waals surface area contributed by atoms with Crippen molar-refractivity contribution in [2.24, 2.45) is 0 Å². The number of anilines is 1. The summed E-state index contributed by atoms with van der Waals surface area (Å²) in [6, 6.07) is 10.1. The summed E-state index contributed by atoms with van der Waals surface area (Å²) in [6.45, 7) is 7.63. The van der Waals surface area contributed by atoms with Crippen LogP contribution in [0, 0.1) is 20.8 Å². The number of aromatic nitrogens is 1. The van der Waals surface area contributed by atoms with Crippen molar-refractivity contribution in [2.45, 2.75) is 27.2 Å². The predicted molar refractivity (Wildman–Crippen MR) is 121 cm³/mol. The van der Waals surface area contributed by atoms with Crippen molar-refractivity contribution in [3.63, 3.8) is 0 Å². The zero-order valence-corrected chi connectivity index (χ0v) is 18.9. The standard InChI is InChI=1S/C23H29N3O2S/c1-15-11-16(2)19(17(3)12-15)14-22(27)26(10-9-25(4)5)23-24-20-8-7-18(28-6)13-21(20)29-23/h7-8,11-13H,9-10,14H2,1-6H3. The van der Waals surface area contributed by atoms with E-state index in [4.69, 9.17) is 9.72 Å². The van der Waals surface area contributed by atoms with Crippen LogP contribution in [0.2, 0.25) is 0 Å². The Morgan fingerprint density at radius 2 is 1.76 bits per heavy atom. The summed E-state index contributed by atoms with van der Waals surface area (Å²) >= 11 is 1.53. The van der Waals surface area contributed by atoms with Crippen LogP contribution in [0.15, 0.2) is 30.3 Å². The maximum absolute atomic E-state index is 13.4. The molecule has 0 N–H and O–H groups in total. The number of thiazole rings is 1. The lowest BCUT2D eigenvalue weighted by Crippen LogP contribution is -2.37. The van der Waals surface area contributed by atoms with Gasteiger partial charge in [-0.05, 0) is 69.8 Å². The molecule has 3 aromatic rings. The van der Waals surface area contributed by atoms with Gasteiger partial charge in [0.25, 0.3) is 0 Å². The number of rotatable bonds is 7. The molecule has 0 radical (unpaired) electrons. The second kappa shape index (κ2) is 8.93. The fourth-order valence-corrected chi connectivity index (χ4v) is 4.53. The van der Waals surface area contributed by atoms with Gasteiger partial charge in [-0.2, -0.15) is 0 Å². The highest BCUT2D eigenvalue weighted by Gasteiger charge is 2.21. The molecule has 0 spiro atoms. The highest BCUT2D eigenvalue weighted by Crippen LogP contribution is 2.32. The zero-order valence-electron chi connectivity index (χ0n) is 18.1. The largest absolute Gasteiger partial charge is 0.497 e. The first kappa shape index (κ1) is 21.3. The van der Waals surface area contributed by atoms with Crippen LogP contribution >= 0.6 is 11.3 Å². The molecule has 0 bridgehead atoms. The molecule has 1 heterocycles. The van der Waals surface area contributed by atoms with Gasteiger partial charge in [0.2, 0.25) is 5.91 Å². The van der Waals surface area contributed by atoms with Crippen molar-refractivity contribution >= 4 is 32.6 Å². The second-order valence-electron chi connectivity index (χ2n) is 7.73. The van der Waals surface area contributed by atoms with Crippen molar-refractivity contribution in [2.75, 3.05) is 39.2 Å². The normalized spacial score (nSPS) is 11.3. The molecule has 29 heavy (non-hydrogen) atoms. The lowest BCUT2D eigenvalue weighted by atomic mass is 9.97. The Labute approximate surface area is 176 Å². The van der Waals surface area contributed by atoms with Crippen LogP contribution in [0.25, 0.3) is 10.2 Å². The Kier molecular flexibility index (Phi) is 6.55. The molecule has 0 aliphatic heterocycles. The molecule has 6 heteroatoms.